The first-order valence-corrected chi connectivity index (χ1v) is 7.99. The fourth-order valence-electron chi connectivity index (χ4n) is 2.89. The van der Waals surface area contributed by atoms with E-state index in [0.717, 1.165) is 30.9 Å². The van der Waals surface area contributed by atoms with E-state index in [4.69, 9.17) is 5.73 Å². The van der Waals surface area contributed by atoms with Gasteiger partial charge in [-0.2, -0.15) is 0 Å². The Morgan fingerprint density at radius 2 is 1.95 bits per heavy atom. The van der Waals surface area contributed by atoms with Crippen LogP contribution in [0.4, 0.5) is 11.4 Å². The molecule has 1 amide bonds. The number of nitrogens with one attached hydrogen (secondary N) is 1. The minimum absolute atomic E-state index is 0.103. The zero-order valence-corrected chi connectivity index (χ0v) is 13.2. The van der Waals surface area contributed by atoms with E-state index >= 15 is 0 Å². The molecule has 1 aliphatic heterocycles. The van der Waals surface area contributed by atoms with Crippen LogP contribution in [0, 0.1) is 0 Å². The second-order valence-electron chi connectivity index (χ2n) is 6.19. The topological polar surface area (TPSA) is 58.4 Å². The van der Waals surface area contributed by atoms with E-state index in [0.29, 0.717) is 6.42 Å². The van der Waals surface area contributed by atoms with E-state index in [1.807, 2.05) is 25.1 Å². The van der Waals surface area contributed by atoms with Crippen LogP contribution in [0.1, 0.15) is 46.0 Å². The van der Waals surface area contributed by atoms with E-state index in [2.05, 4.69) is 16.3 Å². The standard InChI is InChI=1S/C17H27N3O/c1-3-11-17(2,18)16(21)19-14-9-5-6-10-15(14)20-12-7-4-8-13-20/h5-6,9-10H,3-4,7-8,11-13,18H2,1-2H3,(H,19,21). The molecule has 1 aromatic carbocycles. The van der Waals surface area contributed by atoms with Crippen molar-refractivity contribution in [1.29, 1.82) is 0 Å². The number of nitrogens with two attached hydrogens (primary N) is 1. The molecule has 1 aromatic rings. The van der Waals surface area contributed by atoms with Crippen molar-refractivity contribution in [3.63, 3.8) is 0 Å². The summed E-state index contributed by atoms with van der Waals surface area (Å²) >= 11 is 0. The lowest BCUT2D eigenvalue weighted by Gasteiger charge is -2.31. The summed E-state index contributed by atoms with van der Waals surface area (Å²) in [5.74, 6) is -0.103. The Morgan fingerprint density at radius 1 is 1.29 bits per heavy atom. The summed E-state index contributed by atoms with van der Waals surface area (Å²) in [6.45, 7) is 5.96. The average Bonchev–Trinajstić information content (AvgIpc) is 2.48. The highest BCUT2D eigenvalue weighted by Gasteiger charge is 2.28. The van der Waals surface area contributed by atoms with Crippen LogP contribution in [0.25, 0.3) is 0 Å². The predicted molar refractivity (Wildman–Crippen MR) is 88.6 cm³/mol. The second-order valence-corrected chi connectivity index (χ2v) is 6.19. The second kappa shape index (κ2) is 6.94. The van der Waals surface area contributed by atoms with Crippen molar-refractivity contribution in [2.24, 2.45) is 5.73 Å². The molecule has 0 radical (unpaired) electrons. The molecule has 4 nitrogen and oxygen atoms in total. The van der Waals surface area contributed by atoms with Crippen LogP contribution >= 0.6 is 0 Å². The molecule has 21 heavy (non-hydrogen) atoms. The maximum Gasteiger partial charge on any atom is 0.244 e. The maximum atomic E-state index is 12.4. The van der Waals surface area contributed by atoms with Gasteiger partial charge in [0, 0.05) is 13.1 Å². The largest absolute Gasteiger partial charge is 0.370 e. The number of piperidine rings is 1. The molecule has 0 spiro atoms. The highest BCUT2D eigenvalue weighted by molar-refractivity contribution is 6.00. The molecule has 2 rings (SSSR count). The van der Waals surface area contributed by atoms with Gasteiger partial charge in [0.2, 0.25) is 5.91 Å². The van der Waals surface area contributed by atoms with E-state index in [-0.39, 0.29) is 5.91 Å². The first-order valence-electron chi connectivity index (χ1n) is 7.99. The summed E-state index contributed by atoms with van der Waals surface area (Å²) in [7, 11) is 0. The van der Waals surface area contributed by atoms with E-state index in [1.54, 1.807) is 6.92 Å². The molecule has 0 aliphatic carbocycles. The zero-order valence-electron chi connectivity index (χ0n) is 13.2. The van der Waals surface area contributed by atoms with Crippen LogP contribution < -0.4 is 16.0 Å². The first-order chi connectivity index (χ1) is 10.0. The van der Waals surface area contributed by atoms with Crippen molar-refractivity contribution in [2.75, 3.05) is 23.3 Å². The third-order valence-corrected chi connectivity index (χ3v) is 4.14. The fourth-order valence-corrected chi connectivity index (χ4v) is 2.89. The molecule has 1 saturated heterocycles. The van der Waals surface area contributed by atoms with Crippen molar-refractivity contribution in [1.82, 2.24) is 0 Å². The van der Waals surface area contributed by atoms with Gasteiger partial charge < -0.3 is 16.0 Å². The van der Waals surface area contributed by atoms with Gasteiger partial charge in [0.05, 0.1) is 16.9 Å². The summed E-state index contributed by atoms with van der Waals surface area (Å²) in [4.78, 5) is 14.8. The van der Waals surface area contributed by atoms with Gasteiger partial charge in [-0.15, -0.1) is 0 Å². The third kappa shape index (κ3) is 3.97. The van der Waals surface area contributed by atoms with Crippen LogP contribution in [-0.4, -0.2) is 24.5 Å². The average molecular weight is 289 g/mol. The lowest BCUT2D eigenvalue weighted by atomic mass is 9.96. The Kier molecular flexibility index (Phi) is 5.23. The number of nitrogens with zero attached hydrogens (tertiary/aromatic N) is 1. The summed E-state index contributed by atoms with van der Waals surface area (Å²) in [6.07, 6.45) is 5.31. The Bertz CT molecular complexity index is 479. The molecular weight excluding hydrogens is 262 g/mol. The molecule has 1 heterocycles. The summed E-state index contributed by atoms with van der Waals surface area (Å²) in [6, 6.07) is 8.02. The predicted octanol–water partition coefficient (Wildman–Crippen LogP) is 3.13. The molecule has 1 aliphatic rings. The minimum atomic E-state index is -0.816. The molecule has 0 aromatic heterocycles. The monoisotopic (exact) mass is 289 g/mol. The number of hydrogen-bond donors (Lipinski definition) is 2. The Labute approximate surface area is 127 Å². The van der Waals surface area contributed by atoms with E-state index < -0.39 is 5.54 Å². The molecule has 116 valence electrons. The van der Waals surface area contributed by atoms with E-state index in [1.165, 1.54) is 19.3 Å². The van der Waals surface area contributed by atoms with Gasteiger partial charge in [0.1, 0.15) is 0 Å². The summed E-state index contributed by atoms with van der Waals surface area (Å²) in [5.41, 5.74) is 7.29. The van der Waals surface area contributed by atoms with Gasteiger partial charge in [0.15, 0.2) is 0 Å². The van der Waals surface area contributed by atoms with Crippen molar-refractivity contribution in [3.05, 3.63) is 24.3 Å². The van der Waals surface area contributed by atoms with Crippen LogP contribution in [-0.2, 0) is 4.79 Å². The third-order valence-electron chi connectivity index (χ3n) is 4.14. The quantitative estimate of drug-likeness (QED) is 0.875. The normalized spacial score (nSPS) is 18.1. The van der Waals surface area contributed by atoms with Gasteiger partial charge in [-0.05, 0) is 44.7 Å². The summed E-state index contributed by atoms with van der Waals surface area (Å²) < 4.78 is 0. The molecule has 1 unspecified atom stereocenters. The number of para-hydroxylation sites is 2. The summed E-state index contributed by atoms with van der Waals surface area (Å²) in [5, 5.41) is 3.03. The Hall–Kier alpha value is -1.55. The SMILES string of the molecule is CCCC(C)(N)C(=O)Nc1ccccc1N1CCCCC1. The van der Waals surface area contributed by atoms with Crippen molar-refractivity contribution in [2.45, 2.75) is 51.5 Å². The van der Waals surface area contributed by atoms with Crippen molar-refractivity contribution in [3.8, 4) is 0 Å². The van der Waals surface area contributed by atoms with Crippen molar-refractivity contribution < 1.29 is 4.79 Å². The van der Waals surface area contributed by atoms with Crippen LogP contribution in [0.15, 0.2) is 24.3 Å². The molecule has 4 heteroatoms. The van der Waals surface area contributed by atoms with Gasteiger partial charge >= 0.3 is 0 Å². The zero-order chi connectivity index (χ0) is 15.3. The number of carbonyl (C=O) groups excluding carboxylic acids is 1. The number of anilines is 2. The molecular formula is C17H27N3O. The van der Waals surface area contributed by atoms with Crippen LogP contribution in [0.5, 0.6) is 0 Å². The minimum Gasteiger partial charge on any atom is -0.370 e. The van der Waals surface area contributed by atoms with Gasteiger partial charge in [-0.3, -0.25) is 4.79 Å². The smallest absolute Gasteiger partial charge is 0.244 e. The van der Waals surface area contributed by atoms with Gasteiger partial charge in [-0.25, -0.2) is 0 Å². The van der Waals surface area contributed by atoms with Gasteiger partial charge in [0.25, 0.3) is 0 Å². The number of benzene rings is 1. The highest BCUT2D eigenvalue weighted by Crippen LogP contribution is 2.29. The molecule has 1 atom stereocenters. The number of hydrogen-bond acceptors (Lipinski definition) is 3. The number of amides is 1. The number of carbonyl (C=O) groups is 1. The lowest BCUT2D eigenvalue weighted by Crippen LogP contribution is -2.48. The first kappa shape index (κ1) is 15.8. The molecule has 0 bridgehead atoms. The molecule has 0 saturated carbocycles. The van der Waals surface area contributed by atoms with Crippen LogP contribution in [0.3, 0.4) is 0 Å². The van der Waals surface area contributed by atoms with Gasteiger partial charge in [-0.1, -0.05) is 25.5 Å². The Morgan fingerprint density at radius 3 is 2.62 bits per heavy atom. The fraction of sp³-hybridized carbons (Fsp3) is 0.588. The molecule has 3 N–H and O–H groups in total. The number of rotatable bonds is 5. The highest BCUT2D eigenvalue weighted by atomic mass is 16.2. The van der Waals surface area contributed by atoms with E-state index in [9.17, 15) is 4.79 Å². The van der Waals surface area contributed by atoms with Crippen LogP contribution in [0.2, 0.25) is 0 Å². The molecule has 1 fully saturated rings. The maximum absolute atomic E-state index is 12.4. The van der Waals surface area contributed by atoms with Crippen molar-refractivity contribution >= 4 is 17.3 Å². The lowest BCUT2D eigenvalue weighted by molar-refractivity contribution is -0.120. The Balaban J connectivity index is 2.14.